The first-order valence-corrected chi connectivity index (χ1v) is 6.85. The Bertz CT molecular complexity index is 850. The summed E-state index contributed by atoms with van der Waals surface area (Å²) in [5, 5.41) is 5.59. The van der Waals surface area contributed by atoms with E-state index in [2.05, 4.69) is 15.4 Å². The van der Waals surface area contributed by atoms with Gasteiger partial charge in [-0.15, -0.1) is 0 Å². The Morgan fingerprint density at radius 3 is 2.50 bits per heavy atom. The van der Waals surface area contributed by atoms with Crippen LogP contribution in [0.2, 0.25) is 0 Å². The van der Waals surface area contributed by atoms with Crippen LogP contribution in [0.3, 0.4) is 0 Å². The van der Waals surface area contributed by atoms with Crippen LogP contribution in [0.15, 0.2) is 49.2 Å². The van der Waals surface area contributed by atoms with Crippen LogP contribution in [0.25, 0.3) is 5.69 Å². The number of nitrogens with one attached hydrogen (secondary N) is 1. The summed E-state index contributed by atoms with van der Waals surface area (Å²) in [5.41, 5.74) is -0.501. The zero-order valence-electron chi connectivity index (χ0n) is 12.4. The molecular weight excluding hydrogens is 323 g/mol. The normalized spacial score (nSPS) is 11.5. The monoisotopic (exact) mass is 335 g/mol. The van der Waals surface area contributed by atoms with Crippen molar-refractivity contribution in [2.24, 2.45) is 7.05 Å². The first-order valence-electron chi connectivity index (χ1n) is 6.85. The average molecular weight is 335 g/mol. The molecule has 0 aliphatic heterocycles. The van der Waals surface area contributed by atoms with Crippen molar-refractivity contribution in [2.75, 3.05) is 5.32 Å². The molecule has 2 aromatic heterocycles. The number of nitrogens with zero attached hydrogens (tertiary/aromatic N) is 4. The van der Waals surface area contributed by atoms with Crippen LogP contribution in [0.5, 0.6) is 0 Å². The van der Waals surface area contributed by atoms with E-state index in [4.69, 9.17) is 0 Å². The summed E-state index contributed by atoms with van der Waals surface area (Å²) in [6.45, 7) is 0. The molecule has 0 bridgehead atoms. The molecule has 2 heterocycles. The highest BCUT2D eigenvalue weighted by Crippen LogP contribution is 2.33. The number of carbonyl (C=O) groups excluding carboxylic acids is 1. The summed E-state index contributed by atoms with van der Waals surface area (Å²) in [5.74, 6) is -0.648. The molecule has 0 aliphatic rings. The molecule has 124 valence electrons. The number of rotatable bonds is 3. The molecule has 0 atom stereocenters. The molecule has 0 fully saturated rings. The quantitative estimate of drug-likeness (QED) is 0.800. The molecule has 0 spiro atoms. The Balaban J connectivity index is 1.81. The van der Waals surface area contributed by atoms with Crippen molar-refractivity contribution in [3.8, 4) is 5.69 Å². The molecule has 3 aromatic rings. The van der Waals surface area contributed by atoms with Crippen molar-refractivity contribution in [2.45, 2.75) is 6.18 Å². The summed E-state index contributed by atoms with van der Waals surface area (Å²) in [6, 6.07) is 6.39. The standard InChI is InChI=1S/C15H12F3N5O/c1-22-8-12(13(21-22)15(16,17)18)20-14(24)10-2-4-11(5-3-10)23-7-6-19-9-23/h2-9H,1H3,(H,20,24). The lowest BCUT2D eigenvalue weighted by atomic mass is 10.2. The smallest absolute Gasteiger partial charge is 0.319 e. The van der Waals surface area contributed by atoms with E-state index >= 15 is 0 Å². The van der Waals surface area contributed by atoms with Crippen LogP contribution in [0.1, 0.15) is 16.1 Å². The van der Waals surface area contributed by atoms with E-state index in [1.54, 1.807) is 35.4 Å². The van der Waals surface area contributed by atoms with Crippen molar-refractivity contribution in [1.29, 1.82) is 0 Å². The van der Waals surface area contributed by atoms with Crippen LogP contribution >= 0.6 is 0 Å². The number of halogens is 3. The maximum absolute atomic E-state index is 12.9. The maximum Gasteiger partial charge on any atom is 0.437 e. The second-order valence-electron chi connectivity index (χ2n) is 5.03. The van der Waals surface area contributed by atoms with Gasteiger partial charge in [-0.3, -0.25) is 9.48 Å². The predicted molar refractivity (Wildman–Crippen MR) is 79.7 cm³/mol. The van der Waals surface area contributed by atoms with Gasteiger partial charge in [0.2, 0.25) is 0 Å². The maximum atomic E-state index is 12.9. The number of aromatic nitrogens is 4. The third kappa shape index (κ3) is 3.14. The van der Waals surface area contributed by atoms with Gasteiger partial charge in [0, 0.05) is 36.9 Å². The van der Waals surface area contributed by atoms with E-state index in [9.17, 15) is 18.0 Å². The minimum Gasteiger partial charge on any atom is -0.319 e. The molecule has 0 unspecified atom stereocenters. The van der Waals surface area contributed by atoms with Gasteiger partial charge in [0.25, 0.3) is 5.91 Å². The summed E-state index contributed by atoms with van der Waals surface area (Å²) >= 11 is 0. The Morgan fingerprint density at radius 2 is 1.92 bits per heavy atom. The van der Waals surface area contributed by atoms with E-state index in [1.165, 1.54) is 19.2 Å². The van der Waals surface area contributed by atoms with Gasteiger partial charge in [0.05, 0.1) is 12.0 Å². The highest BCUT2D eigenvalue weighted by Gasteiger charge is 2.37. The fourth-order valence-electron chi connectivity index (χ4n) is 2.18. The van der Waals surface area contributed by atoms with Gasteiger partial charge in [-0.2, -0.15) is 18.3 Å². The fourth-order valence-corrected chi connectivity index (χ4v) is 2.18. The van der Waals surface area contributed by atoms with Crippen LogP contribution in [-0.4, -0.2) is 25.2 Å². The van der Waals surface area contributed by atoms with Crippen molar-refractivity contribution in [1.82, 2.24) is 19.3 Å². The fraction of sp³-hybridized carbons (Fsp3) is 0.133. The van der Waals surface area contributed by atoms with Gasteiger partial charge in [0.15, 0.2) is 5.69 Å². The lowest BCUT2D eigenvalue weighted by molar-refractivity contribution is -0.140. The molecule has 6 nitrogen and oxygen atoms in total. The van der Waals surface area contributed by atoms with Crippen molar-refractivity contribution >= 4 is 11.6 Å². The number of amides is 1. The molecular formula is C15H12F3N5O. The molecule has 0 saturated carbocycles. The molecule has 1 amide bonds. The van der Waals surface area contributed by atoms with Gasteiger partial charge < -0.3 is 9.88 Å². The minimum absolute atomic E-state index is 0.232. The third-order valence-electron chi connectivity index (χ3n) is 3.28. The minimum atomic E-state index is -4.64. The first kappa shape index (κ1) is 15.8. The van der Waals surface area contributed by atoms with E-state index in [1.807, 2.05) is 0 Å². The van der Waals surface area contributed by atoms with E-state index in [0.29, 0.717) is 0 Å². The van der Waals surface area contributed by atoms with E-state index in [-0.39, 0.29) is 11.3 Å². The van der Waals surface area contributed by atoms with Crippen molar-refractivity contribution < 1.29 is 18.0 Å². The Hall–Kier alpha value is -3.10. The molecule has 1 N–H and O–H groups in total. The first-order chi connectivity index (χ1) is 11.3. The highest BCUT2D eigenvalue weighted by atomic mass is 19.4. The summed E-state index contributed by atoms with van der Waals surface area (Å²) in [6.07, 6.45) is 1.41. The third-order valence-corrected chi connectivity index (χ3v) is 3.28. The molecule has 24 heavy (non-hydrogen) atoms. The van der Waals surface area contributed by atoms with Crippen LogP contribution in [0, 0.1) is 0 Å². The van der Waals surface area contributed by atoms with Gasteiger partial charge >= 0.3 is 6.18 Å². The highest BCUT2D eigenvalue weighted by molar-refractivity contribution is 6.04. The number of hydrogen-bond donors (Lipinski definition) is 1. The molecule has 3 rings (SSSR count). The summed E-state index contributed by atoms with van der Waals surface area (Å²) in [7, 11) is 1.35. The number of hydrogen-bond acceptors (Lipinski definition) is 3. The number of aryl methyl sites for hydroxylation is 1. The van der Waals surface area contributed by atoms with Gasteiger partial charge in [-0.05, 0) is 24.3 Å². The van der Waals surface area contributed by atoms with Gasteiger partial charge in [0.1, 0.15) is 0 Å². The summed E-state index contributed by atoms with van der Waals surface area (Å²) in [4.78, 5) is 16.1. The average Bonchev–Trinajstić information content (AvgIpc) is 3.16. The zero-order chi connectivity index (χ0) is 17.3. The SMILES string of the molecule is Cn1cc(NC(=O)c2ccc(-n3ccnc3)cc2)c(C(F)(F)F)n1. The lowest BCUT2D eigenvalue weighted by Crippen LogP contribution is -2.16. The molecule has 1 aromatic carbocycles. The number of anilines is 1. The van der Waals surface area contributed by atoms with E-state index < -0.39 is 17.8 Å². The predicted octanol–water partition coefficient (Wildman–Crippen LogP) is 2.88. The van der Waals surface area contributed by atoms with Crippen LogP contribution in [0.4, 0.5) is 18.9 Å². The zero-order valence-corrected chi connectivity index (χ0v) is 12.4. The Labute approximate surface area is 134 Å². The number of alkyl halides is 3. The number of imidazole rings is 1. The molecule has 0 saturated heterocycles. The lowest BCUT2D eigenvalue weighted by Gasteiger charge is -2.08. The van der Waals surface area contributed by atoms with Crippen molar-refractivity contribution in [3.63, 3.8) is 0 Å². The van der Waals surface area contributed by atoms with E-state index in [0.717, 1.165) is 16.6 Å². The summed E-state index contributed by atoms with van der Waals surface area (Å²) < 4.78 is 41.4. The largest absolute Gasteiger partial charge is 0.437 e. The number of benzene rings is 1. The van der Waals surface area contributed by atoms with Crippen LogP contribution < -0.4 is 5.32 Å². The topological polar surface area (TPSA) is 64.7 Å². The molecule has 9 heteroatoms. The van der Waals surface area contributed by atoms with Crippen molar-refractivity contribution in [3.05, 3.63) is 60.4 Å². The number of carbonyl (C=O) groups is 1. The Kier molecular flexibility index (Phi) is 3.84. The second kappa shape index (κ2) is 5.84. The van der Waals surface area contributed by atoms with Crippen LogP contribution in [-0.2, 0) is 13.2 Å². The van der Waals surface area contributed by atoms with Gasteiger partial charge in [-0.1, -0.05) is 0 Å². The molecule has 0 radical (unpaired) electrons. The second-order valence-corrected chi connectivity index (χ2v) is 5.03. The van der Waals surface area contributed by atoms with Gasteiger partial charge in [-0.25, -0.2) is 4.98 Å². The Morgan fingerprint density at radius 1 is 1.21 bits per heavy atom. The molecule has 0 aliphatic carbocycles.